The molecule has 0 saturated carbocycles. The van der Waals surface area contributed by atoms with E-state index in [1.54, 1.807) is 42.6 Å². The maximum atomic E-state index is 13.8. The van der Waals surface area contributed by atoms with E-state index < -0.39 is 23.1 Å². The predicted molar refractivity (Wildman–Crippen MR) is 113 cm³/mol. The van der Waals surface area contributed by atoms with Gasteiger partial charge in [0.2, 0.25) is 5.88 Å². The highest BCUT2D eigenvalue weighted by atomic mass is 19.1. The van der Waals surface area contributed by atoms with Crippen molar-refractivity contribution >= 4 is 11.7 Å². The number of nitrogens with zero attached hydrogens (tertiary/aromatic N) is 3. The summed E-state index contributed by atoms with van der Waals surface area (Å²) in [4.78, 5) is 24.8. The lowest BCUT2D eigenvalue weighted by atomic mass is 10.1. The maximum absolute atomic E-state index is 13.8. The Balaban J connectivity index is 1.57. The summed E-state index contributed by atoms with van der Waals surface area (Å²) in [6.45, 7) is 0. The Hall–Kier alpha value is -4.40. The molecule has 0 spiro atoms. The number of ether oxygens (including phenoxy) is 2. The fourth-order valence-corrected chi connectivity index (χ4v) is 2.90. The van der Waals surface area contributed by atoms with Gasteiger partial charge in [-0.25, -0.2) is 18.7 Å². The first-order chi connectivity index (χ1) is 15.5. The summed E-state index contributed by atoms with van der Waals surface area (Å²) in [6, 6.07) is 13.6. The van der Waals surface area contributed by atoms with Crippen LogP contribution in [0.4, 0.5) is 14.6 Å². The molecular weight excluding hydrogens is 418 g/mol. The Labute approximate surface area is 181 Å². The Morgan fingerprint density at radius 2 is 1.75 bits per heavy atom. The number of anilines is 1. The number of carbonyl (C=O) groups excluding carboxylic acids is 1. The molecule has 1 N–H and O–H groups in total. The van der Waals surface area contributed by atoms with Gasteiger partial charge in [-0.05, 0) is 36.4 Å². The highest BCUT2D eigenvalue weighted by Crippen LogP contribution is 2.33. The van der Waals surface area contributed by atoms with E-state index in [0.717, 1.165) is 12.1 Å². The zero-order chi connectivity index (χ0) is 22.5. The fraction of sp³-hybridized carbons (Fsp3) is 0.0435. The molecule has 2 heterocycles. The predicted octanol–water partition coefficient (Wildman–Crippen LogP) is 4.87. The molecule has 160 valence electrons. The third-order valence-electron chi connectivity index (χ3n) is 4.39. The Kier molecular flexibility index (Phi) is 5.98. The first kappa shape index (κ1) is 20.9. The van der Waals surface area contributed by atoms with Crippen LogP contribution in [0, 0.1) is 11.6 Å². The number of amides is 1. The van der Waals surface area contributed by atoms with Gasteiger partial charge < -0.3 is 14.8 Å². The van der Waals surface area contributed by atoms with Crippen molar-refractivity contribution in [2.24, 2.45) is 0 Å². The molecule has 32 heavy (non-hydrogen) atoms. The number of hydrogen-bond acceptors (Lipinski definition) is 6. The van der Waals surface area contributed by atoms with Crippen LogP contribution in [-0.4, -0.2) is 28.0 Å². The number of aromatic nitrogens is 3. The van der Waals surface area contributed by atoms with Crippen LogP contribution in [0.1, 0.15) is 10.4 Å². The van der Waals surface area contributed by atoms with E-state index in [2.05, 4.69) is 20.3 Å². The summed E-state index contributed by atoms with van der Waals surface area (Å²) >= 11 is 0. The molecule has 0 aliphatic carbocycles. The molecule has 7 nitrogen and oxygen atoms in total. The smallest absolute Gasteiger partial charge is 0.262 e. The monoisotopic (exact) mass is 434 g/mol. The van der Waals surface area contributed by atoms with E-state index >= 15 is 0 Å². The summed E-state index contributed by atoms with van der Waals surface area (Å²) in [5.74, 6) is -1.42. The zero-order valence-electron chi connectivity index (χ0n) is 16.8. The molecule has 4 rings (SSSR count). The zero-order valence-corrected chi connectivity index (χ0v) is 16.8. The van der Waals surface area contributed by atoms with Gasteiger partial charge in [-0.2, -0.15) is 0 Å². The van der Waals surface area contributed by atoms with Crippen molar-refractivity contribution in [3.05, 3.63) is 90.4 Å². The minimum atomic E-state index is -0.971. The summed E-state index contributed by atoms with van der Waals surface area (Å²) < 4.78 is 38.7. The number of hydrogen-bond donors (Lipinski definition) is 1. The highest BCUT2D eigenvalue weighted by Gasteiger charge is 2.18. The average Bonchev–Trinajstić information content (AvgIpc) is 2.80. The van der Waals surface area contributed by atoms with Crippen LogP contribution >= 0.6 is 0 Å². The van der Waals surface area contributed by atoms with E-state index in [-0.39, 0.29) is 5.82 Å². The van der Waals surface area contributed by atoms with Crippen molar-refractivity contribution in [1.82, 2.24) is 15.0 Å². The van der Waals surface area contributed by atoms with Gasteiger partial charge in [-0.3, -0.25) is 9.78 Å². The van der Waals surface area contributed by atoms with Gasteiger partial charge in [0.15, 0.2) is 5.82 Å². The third-order valence-corrected chi connectivity index (χ3v) is 4.39. The molecule has 1 amide bonds. The second kappa shape index (κ2) is 9.17. The van der Waals surface area contributed by atoms with Gasteiger partial charge >= 0.3 is 0 Å². The first-order valence-corrected chi connectivity index (χ1v) is 9.40. The van der Waals surface area contributed by atoms with Crippen molar-refractivity contribution in [2.45, 2.75) is 0 Å². The van der Waals surface area contributed by atoms with Crippen LogP contribution < -0.4 is 14.8 Å². The van der Waals surface area contributed by atoms with E-state index in [1.165, 1.54) is 25.6 Å². The Morgan fingerprint density at radius 3 is 2.41 bits per heavy atom. The molecule has 0 aliphatic rings. The fourth-order valence-electron chi connectivity index (χ4n) is 2.90. The normalized spacial score (nSPS) is 10.5. The number of pyridine rings is 1. The van der Waals surface area contributed by atoms with Gasteiger partial charge in [-0.15, -0.1) is 0 Å². The molecular formula is C23H16F2N4O3. The van der Waals surface area contributed by atoms with Gasteiger partial charge in [0.1, 0.15) is 28.7 Å². The molecule has 2 aromatic carbocycles. The SMILES string of the molecule is COc1ccc(Oc2ccccn2)cc1-c1cnc(NC(=O)c2c(F)cccc2F)cn1. The lowest BCUT2D eigenvalue weighted by Crippen LogP contribution is -2.16. The van der Waals surface area contributed by atoms with Crippen molar-refractivity contribution in [1.29, 1.82) is 0 Å². The molecule has 0 radical (unpaired) electrons. The molecule has 9 heteroatoms. The minimum Gasteiger partial charge on any atom is -0.496 e. The van der Waals surface area contributed by atoms with Crippen molar-refractivity contribution in [3.8, 4) is 28.6 Å². The highest BCUT2D eigenvalue weighted by molar-refractivity contribution is 6.04. The van der Waals surface area contributed by atoms with Crippen molar-refractivity contribution < 1.29 is 23.0 Å². The van der Waals surface area contributed by atoms with E-state index in [9.17, 15) is 13.6 Å². The van der Waals surface area contributed by atoms with Gasteiger partial charge in [0, 0.05) is 17.8 Å². The second-order valence-corrected chi connectivity index (χ2v) is 6.47. The third kappa shape index (κ3) is 4.51. The molecule has 2 aromatic heterocycles. The lowest BCUT2D eigenvalue weighted by molar-refractivity contribution is 0.101. The average molecular weight is 434 g/mol. The van der Waals surface area contributed by atoms with Gasteiger partial charge in [0.05, 0.1) is 25.2 Å². The van der Waals surface area contributed by atoms with Crippen LogP contribution in [0.5, 0.6) is 17.4 Å². The largest absolute Gasteiger partial charge is 0.496 e. The quantitative estimate of drug-likeness (QED) is 0.466. The van der Waals surface area contributed by atoms with Crippen LogP contribution in [0.15, 0.2) is 73.2 Å². The number of carbonyl (C=O) groups is 1. The summed E-state index contributed by atoms with van der Waals surface area (Å²) in [7, 11) is 1.52. The van der Waals surface area contributed by atoms with Crippen LogP contribution in [0.2, 0.25) is 0 Å². The van der Waals surface area contributed by atoms with E-state index in [1.807, 2.05) is 0 Å². The van der Waals surface area contributed by atoms with Gasteiger partial charge in [-0.1, -0.05) is 12.1 Å². The number of rotatable bonds is 6. The Bertz CT molecular complexity index is 1230. The molecule has 0 atom stereocenters. The summed E-state index contributed by atoms with van der Waals surface area (Å²) in [5, 5.41) is 2.33. The molecule has 0 saturated heterocycles. The van der Waals surface area contributed by atoms with Crippen molar-refractivity contribution in [3.63, 3.8) is 0 Å². The first-order valence-electron chi connectivity index (χ1n) is 9.40. The number of nitrogens with one attached hydrogen (secondary N) is 1. The summed E-state index contributed by atoms with van der Waals surface area (Å²) in [6.07, 6.45) is 4.29. The molecule has 0 bridgehead atoms. The van der Waals surface area contributed by atoms with E-state index in [4.69, 9.17) is 9.47 Å². The number of halogens is 2. The lowest BCUT2D eigenvalue weighted by Gasteiger charge is -2.11. The topological polar surface area (TPSA) is 86.2 Å². The van der Waals surface area contributed by atoms with Crippen LogP contribution in [0.25, 0.3) is 11.3 Å². The van der Waals surface area contributed by atoms with Crippen LogP contribution in [-0.2, 0) is 0 Å². The number of benzene rings is 2. The minimum absolute atomic E-state index is 0.0289. The second-order valence-electron chi connectivity index (χ2n) is 6.47. The molecule has 0 fully saturated rings. The molecule has 0 unspecified atom stereocenters. The standard InChI is InChI=1S/C23H16F2N4O3/c1-31-19-9-8-14(32-21-7-2-3-10-26-21)11-15(19)18-12-28-20(13-27-18)29-23(30)22-16(24)5-4-6-17(22)25/h2-13H,1H3,(H,28,29,30). The number of methoxy groups -OCH3 is 1. The molecule has 0 aliphatic heterocycles. The van der Waals surface area contributed by atoms with Crippen molar-refractivity contribution in [2.75, 3.05) is 12.4 Å². The van der Waals surface area contributed by atoms with Gasteiger partial charge in [0.25, 0.3) is 5.91 Å². The maximum Gasteiger partial charge on any atom is 0.262 e. The summed E-state index contributed by atoms with van der Waals surface area (Å²) in [5.41, 5.74) is 0.328. The molecule has 4 aromatic rings. The van der Waals surface area contributed by atoms with E-state index in [0.29, 0.717) is 28.6 Å². The Morgan fingerprint density at radius 1 is 0.938 bits per heavy atom. The van der Waals surface area contributed by atoms with Crippen LogP contribution in [0.3, 0.4) is 0 Å².